The minimum absolute atomic E-state index is 0.133. The Hall–Kier alpha value is -1.77. The van der Waals surface area contributed by atoms with Crippen LogP contribution in [0.2, 0.25) is 0 Å². The van der Waals surface area contributed by atoms with E-state index in [0.717, 1.165) is 16.2 Å². The number of aromatic nitrogens is 1. The van der Waals surface area contributed by atoms with E-state index in [0.29, 0.717) is 12.1 Å². The van der Waals surface area contributed by atoms with Crippen LogP contribution < -0.4 is 10.5 Å². The Morgan fingerprint density at radius 3 is 2.61 bits per heavy atom. The molecule has 0 aliphatic carbocycles. The van der Waals surface area contributed by atoms with E-state index in [1.165, 1.54) is 6.07 Å². The van der Waals surface area contributed by atoms with E-state index in [-0.39, 0.29) is 10.1 Å². The molecule has 2 aromatic rings. The van der Waals surface area contributed by atoms with Crippen LogP contribution in [-0.2, 0) is 14.8 Å². The molecule has 0 radical (unpaired) electrons. The van der Waals surface area contributed by atoms with Crippen molar-refractivity contribution in [2.45, 2.75) is 30.5 Å². The van der Waals surface area contributed by atoms with Gasteiger partial charge in [-0.1, -0.05) is 19.9 Å². The van der Waals surface area contributed by atoms with Gasteiger partial charge in [0.2, 0.25) is 5.91 Å². The Morgan fingerprint density at radius 1 is 1.30 bits per heavy atom. The highest BCUT2D eigenvalue weighted by Gasteiger charge is 2.26. The molecule has 6 nitrogen and oxygen atoms in total. The number of hydrogen-bond donors (Lipinski definition) is 2. The summed E-state index contributed by atoms with van der Waals surface area (Å²) in [6, 6.07) is 7.72. The molecule has 23 heavy (non-hydrogen) atoms. The van der Waals surface area contributed by atoms with Crippen LogP contribution >= 0.6 is 11.3 Å². The molecule has 0 bridgehead atoms. The number of rotatable bonds is 7. The second-order valence-electron chi connectivity index (χ2n) is 5.54. The lowest BCUT2D eigenvalue weighted by Gasteiger charge is -2.16. The Morgan fingerprint density at radius 2 is 2.04 bits per heavy atom. The van der Waals surface area contributed by atoms with E-state index in [9.17, 15) is 13.2 Å². The average Bonchev–Trinajstić information content (AvgIpc) is 2.97. The maximum atomic E-state index is 12.4. The van der Waals surface area contributed by atoms with Gasteiger partial charge in [0.05, 0.1) is 10.6 Å². The fourth-order valence-corrected chi connectivity index (χ4v) is 4.57. The molecule has 0 aliphatic heterocycles. The Balaban J connectivity index is 2.23. The largest absolute Gasteiger partial charge is 0.368 e. The van der Waals surface area contributed by atoms with Crippen molar-refractivity contribution < 1.29 is 13.2 Å². The number of nitrogens with one attached hydrogen (secondary N) is 1. The molecule has 2 heterocycles. The normalized spacial score (nSPS) is 13.2. The van der Waals surface area contributed by atoms with Crippen LogP contribution in [0.3, 0.4) is 0 Å². The summed E-state index contributed by atoms with van der Waals surface area (Å²) in [6.45, 7) is 3.79. The standard InChI is InChI=1S/C15H19N3O3S2/c1-10(2)9-12(15(16)19)18-23(20,21)14-7-6-13(22-14)11-5-3-4-8-17-11/h3-8,10,12,18H,9H2,1-2H3,(H2,16,19)/t12-/m1/s1. The molecule has 124 valence electrons. The average molecular weight is 353 g/mol. The molecule has 0 spiro atoms. The summed E-state index contributed by atoms with van der Waals surface area (Å²) in [4.78, 5) is 16.4. The van der Waals surface area contributed by atoms with Crippen LogP contribution in [0, 0.1) is 5.92 Å². The van der Waals surface area contributed by atoms with Crippen molar-refractivity contribution in [2.24, 2.45) is 11.7 Å². The van der Waals surface area contributed by atoms with Crippen molar-refractivity contribution in [1.29, 1.82) is 0 Å². The molecule has 0 saturated heterocycles. The summed E-state index contributed by atoms with van der Waals surface area (Å²) in [5.74, 6) is -0.536. The minimum Gasteiger partial charge on any atom is -0.368 e. The first kappa shape index (κ1) is 17.6. The smallest absolute Gasteiger partial charge is 0.250 e. The summed E-state index contributed by atoms with van der Waals surface area (Å²) < 4.78 is 27.4. The number of amides is 1. The third-order valence-corrected chi connectivity index (χ3v) is 6.18. The van der Waals surface area contributed by atoms with E-state index < -0.39 is 22.0 Å². The molecule has 0 saturated carbocycles. The summed E-state index contributed by atoms with van der Waals surface area (Å²) in [6.07, 6.45) is 2.00. The highest BCUT2D eigenvalue weighted by Crippen LogP contribution is 2.29. The molecule has 0 aliphatic rings. The van der Waals surface area contributed by atoms with Crippen molar-refractivity contribution in [2.75, 3.05) is 0 Å². The first-order chi connectivity index (χ1) is 10.8. The van der Waals surface area contributed by atoms with Gasteiger partial charge in [0.1, 0.15) is 10.3 Å². The monoisotopic (exact) mass is 353 g/mol. The quantitative estimate of drug-likeness (QED) is 0.794. The van der Waals surface area contributed by atoms with Crippen LogP contribution in [0.4, 0.5) is 0 Å². The second-order valence-corrected chi connectivity index (χ2v) is 8.56. The minimum atomic E-state index is -3.80. The maximum Gasteiger partial charge on any atom is 0.250 e. The summed E-state index contributed by atoms with van der Waals surface area (Å²) in [7, 11) is -3.80. The molecule has 2 rings (SSSR count). The van der Waals surface area contributed by atoms with Crippen molar-refractivity contribution in [1.82, 2.24) is 9.71 Å². The Labute approximate surface area is 139 Å². The highest BCUT2D eigenvalue weighted by atomic mass is 32.2. The van der Waals surface area contributed by atoms with Crippen LogP contribution in [0.15, 0.2) is 40.7 Å². The summed E-state index contributed by atoms with van der Waals surface area (Å²) in [5.41, 5.74) is 6.00. The first-order valence-corrected chi connectivity index (χ1v) is 9.42. The zero-order chi connectivity index (χ0) is 17.0. The lowest BCUT2D eigenvalue weighted by atomic mass is 10.0. The van der Waals surface area contributed by atoms with Gasteiger partial charge in [-0.25, -0.2) is 8.42 Å². The molecular weight excluding hydrogens is 334 g/mol. The number of carbonyl (C=O) groups excluding carboxylic acids is 1. The number of hydrogen-bond acceptors (Lipinski definition) is 5. The molecule has 8 heteroatoms. The molecule has 0 fully saturated rings. The van der Waals surface area contributed by atoms with Gasteiger partial charge in [-0.15, -0.1) is 11.3 Å². The van der Waals surface area contributed by atoms with Crippen LogP contribution in [0.25, 0.3) is 10.6 Å². The van der Waals surface area contributed by atoms with Crippen LogP contribution in [0.5, 0.6) is 0 Å². The molecule has 0 aromatic carbocycles. The van der Waals surface area contributed by atoms with Gasteiger partial charge >= 0.3 is 0 Å². The molecule has 1 atom stereocenters. The molecular formula is C15H19N3O3S2. The summed E-state index contributed by atoms with van der Waals surface area (Å²) >= 11 is 1.10. The van der Waals surface area contributed by atoms with Gasteiger partial charge in [-0.05, 0) is 36.6 Å². The molecule has 3 N–H and O–H groups in total. The number of thiophene rings is 1. The predicted molar refractivity (Wildman–Crippen MR) is 90.3 cm³/mol. The van der Waals surface area contributed by atoms with Gasteiger partial charge in [0.25, 0.3) is 10.0 Å². The third kappa shape index (κ3) is 4.60. The van der Waals surface area contributed by atoms with E-state index >= 15 is 0 Å². The lowest BCUT2D eigenvalue weighted by molar-refractivity contribution is -0.119. The van der Waals surface area contributed by atoms with Gasteiger partial charge < -0.3 is 5.73 Å². The number of nitrogens with zero attached hydrogens (tertiary/aromatic N) is 1. The van der Waals surface area contributed by atoms with Gasteiger partial charge in [0.15, 0.2) is 0 Å². The second kappa shape index (κ2) is 7.20. The van der Waals surface area contributed by atoms with Gasteiger partial charge in [-0.2, -0.15) is 4.72 Å². The SMILES string of the molecule is CC(C)C[C@@H](NS(=O)(=O)c1ccc(-c2ccccn2)s1)C(N)=O. The number of nitrogens with two attached hydrogens (primary N) is 1. The van der Waals surface area contributed by atoms with Crippen LogP contribution in [0.1, 0.15) is 20.3 Å². The van der Waals surface area contributed by atoms with Gasteiger partial charge in [-0.3, -0.25) is 9.78 Å². The maximum absolute atomic E-state index is 12.4. The van der Waals surface area contributed by atoms with Gasteiger partial charge in [0, 0.05) is 6.20 Å². The lowest BCUT2D eigenvalue weighted by Crippen LogP contribution is -2.44. The zero-order valence-electron chi connectivity index (χ0n) is 12.9. The fourth-order valence-electron chi connectivity index (χ4n) is 2.05. The Kier molecular flexibility index (Phi) is 5.51. The Bertz CT molecular complexity index is 770. The topological polar surface area (TPSA) is 102 Å². The predicted octanol–water partition coefficient (Wildman–Crippen LogP) is 1.99. The highest BCUT2D eigenvalue weighted by molar-refractivity contribution is 7.91. The van der Waals surface area contributed by atoms with E-state index in [1.807, 2.05) is 19.9 Å². The van der Waals surface area contributed by atoms with Crippen molar-refractivity contribution in [3.8, 4) is 10.6 Å². The van der Waals surface area contributed by atoms with E-state index in [1.54, 1.807) is 24.4 Å². The molecule has 0 unspecified atom stereocenters. The zero-order valence-corrected chi connectivity index (χ0v) is 14.5. The number of sulfonamides is 1. The first-order valence-electron chi connectivity index (χ1n) is 7.12. The van der Waals surface area contributed by atoms with Crippen LogP contribution in [-0.4, -0.2) is 25.4 Å². The van der Waals surface area contributed by atoms with E-state index in [4.69, 9.17) is 5.73 Å². The number of pyridine rings is 1. The van der Waals surface area contributed by atoms with Crippen molar-refractivity contribution in [3.05, 3.63) is 36.5 Å². The number of carbonyl (C=O) groups is 1. The van der Waals surface area contributed by atoms with Crippen molar-refractivity contribution in [3.63, 3.8) is 0 Å². The fraction of sp³-hybridized carbons (Fsp3) is 0.333. The molecule has 2 aromatic heterocycles. The third-order valence-electron chi connectivity index (χ3n) is 3.11. The number of primary amides is 1. The van der Waals surface area contributed by atoms with Crippen molar-refractivity contribution >= 4 is 27.3 Å². The summed E-state index contributed by atoms with van der Waals surface area (Å²) in [5, 5.41) is 0. The van der Waals surface area contributed by atoms with E-state index in [2.05, 4.69) is 9.71 Å². The molecule has 1 amide bonds.